The van der Waals surface area contributed by atoms with Crippen LogP contribution in [-0.2, 0) is 10.5 Å². The largest absolute Gasteiger partial charge is 0.325 e. The minimum absolute atomic E-state index is 0.126. The predicted octanol–water partition coefficient (Wildman–Crippen LogP) is 3.37. The van der Waals surface area contributed by atoms with Gasteiger partial charge in [-0.15, -0.1) is 0 Å². The predicted molar refractivity (Wildman–Crippen MR) is 102 cm³/mol. The normalized spacial score (nSPS) is 10.6. The van der Waals surface area contributed by atoms with Crippen molar-refractivity contribution in [2.45, 2.75) is 31.7 Å². The Morgan fingerprint density at radius 1 is 1.25 bits per heavy atom. The third kappa shape index (κ3) is 5.72. The monoisotopic (exact) mass is 363 g/mol. The number of benzene rings is 1. The number of carbonyl (C=O) groups excluding carboxylic acids is 1. The summed E-state index contributed by atoms with van der Waals surface area (Å²) in [6, 6.07) is 7.31. The van der Waals surface area contributed by atoms with Crippen LogP contribution in [0.25, 0.3) is 0 Å². The first-order valence-electron chi connectivity index (χ1n) is 7.66. The Hall–Kier alpha value is -1.73. The van der Waals surface area contributed by atoms with Crippen LogP contribution in [0.3, 0.4) is 0 Å². The van der Waals surface area contributed by atoms with Gasteiger partial charge < -0.3 is 10.3 Å². The second-order valence-electron chi connectivity index (χ2n) is 5.31. The van der Waals surface area contributed by atoms with Gasteiger partial charge in [0.1, 0.15) is 0 Å². The van der Waals surface area contributed by atoms with Gasteiger partial charge in [-0.25, -0.2) is 4.98 Å². The number of H-pyrrole nitrogens is 1. The standard InChI is InChI=1S/C17H21N3O2S2/c1-4-23-9-14-8-15(21)20-17(19-14)24-10-16(22)18-13-6-5-11(2)12(3)7-13/h5-8H,4,9-10H2,1-3H3,(H,18,22)(H,19,20,21). The summed E-state index contributed by atoms with van der Waals surface area (Å²) >= 11 is 2.93. The van der Waals surface area contributed by atoms with Gasteiger partial charge in [0.2, 0.25) is 5.91 Å². The smallest absolute Gasteiger partial charge is 0.251 e. The zero-order valence-electron chi connectivity index (χ0n) is 14.0. The molecule has 0 aliphatic carbocycles. The number of hydrogen-bond donors (Lipinski definition) is 2. The molecule has 5 nitrogen and oxygen atoms in total. The summed E-state index contributed by atoms with van der Waals surface area (Å²) in [5, 5.41) is 3.34. The maximum atomic E-state index is 12.1. The summed E-state index contributed by atoms with van der Waals surface area (Å²) in [4.78, 5) is 30.8. The van der Waals surface area contributed by atoms with Crippen molar-refractivity contribution in [3.8, 4) is 0 Å². The van der Waals surface area contributed by atoms with Crippen LogP contribution < -0.4 is 10.9 Å². The molecule has 0 atom stereocenters. The highest BCUT2D eigenvalue weighted by Gasteiger charge is 2.07. The molecule has 0 aliphatic heterocycles. The van der Waals surface area contributed by atoms with Crippen LogP contribution in [0.4, 0.5) is 5.69 Å². The van der Waals surface area contributed by atoms with Crippen LogP contribution in [-0.4, -0.2) is 27.4 Å². The molecule has 0 radical (unpaired) electrons. The van der Waals surface area contributed by atoms with Crippen molar-refractivity contribution >= 4 is 35.1 Å². The molecule has 0 spiro atoms. The van der Waals surface area contributed by atoms with E-state index < -0.39 is 0 Å². The number of nitrogens with one attached hydrogen (secondary N) is 2. The SMILES string of the molecule is CCSCc1cc(=O)[nH]c(SCC(=O)Nc2ccc(C)c(C)c2)n1. The van der Waals surface area contributed by atoms with Crippen molar-refractivity contribution in [3.05, 3.63) is 51.4 Å². The van der Waals surface area contributed by atoms with Crippen LogP contribution in [0.2, 0.25) is 0 Å². The van der Waals surface area contributed by atoms with Crippen molar-refractivity contribution in [1.82, 2.24) is 9.97 Å². The fourth-order valence-corrected chi connectivity index (χ4v) is 3.24. The van der Waals surface area contributed by atoms with Crippen molar-refractivity contribution < 1.29 is 4.79 Å². The second-order valence-corrected chi connectivity index (χ2v) is 7.55. The van der Waals surface area contributed by atoms with Gasteiger partial charge in [0.15, 0.2) is 5.16 Å². The highest BCUT2D eigenvalue weighted by Crippen LogP contribution is 2.17. The first-order chi connectivity index (χ1) is 11.5. The van der Waals surface area contributed by atoms with Crippen molar-refractivity contribution in [3.63, 3.8) is 0 Å². The molecule has 0 aliphatic rings. The molecule has 1 amide bonds. The lowest BCUT2D eigenvalue weighted by Gasteiger charge is -2.08. The average molecular weight is 364 g/mol. The molecule has 0 fully saturated rings. The molecule has 24 heavy (non-hydrogen) atoms. The third-order valence-electron chi connectivity index (χ3n) is 3.36. The maximum Gasteiger partial charge on any atom is 0.251 e. The van der Waals surface area contributed by atoms with Gasteiger partial charge in [-0.05, 0) is 42.9 Å². The third-order valence-corrected chi connectivity index (χ3v) is 5.14. The lowest BCUT2D eigenvalue weighted by Crippen LogP contribution is -2.16. The van der Waals surface area contributed by atoms with Gasteiger partial charge in [0.25, 0.3) is 5.56 Å². The lowest BCUT2D eigenvalue weighted by molar-refractivity contribution is -0.113. The number of carbonyl (C=O) groups is 1. The van der Waals surface area contributed by atoms with Gasteiger partial charge in [-0.3, -0.25) is 9.59 Å². The van der Waals surface area contributed by atoms with Gasteiger partial charge in [-0.2, -0.15) is 11.8 Å². The first-order valence-corrected chi connectivity index (χ1v) is 9.80. The summed E-state index contributed by atoms with van der Waals surface area (Å²) in [5.74, 6) is 1.73. The molecular weight excluding hydrogens is 342 g/mol. The number of aryl methyl sites for hydroxylation is 2. The quantitative estimate of drug-likeness (QED) is 0.583. The summed E-state index contributed by atoms with van der Waals surface area (Å²) in [6.45, 7) is 6.10. The van der Waals surface area contributed by atoms with Crippen LogP contribution >= 0.6 is 23.5 Å². The minimum Gasteiger partial charge on any atom is -0.325 e. The molecule has 7 heteroatoms. The number of hydrogen-bond acceptors (Lipinski definition) is 5. The summed E-state index contributed by atoms with van der Waals surface area (Å²) in [6.07, 6.45) is 0. The number of thioether (sulfide) groups is 2. The van der Waals surface area contributed by atoms with Crippen LogP contribution in [0.15, 0.2) is 34.2 Å². The van der Waals surface area contributed by atoms with Gasteiger partial charge >= 0.3 is 0 Å². The molecule has 0 saturated carbocycles. The molecule has 1 aromatic heterocycles. The Kier molecular flexibility index (Phi) is 6.93. The van der Waals surface area contributed by atoms with E-state index in [9.17, 15) is 9.59 Å². The Balaban J connectivity index is 1.94. The fourth-order valence-electron chi connectivity index (χ4n) is 1.98. The Morgan fingerprint density at radius 3 is 2.75 bits per heavy atom. The number of rotatable bonds is 7. The van der Waals surface area contributed by atoms with Crippen LogP contribution in [0.5, 0.6) is 0 Å². The molecule has 2 rings (SSSR count). The highest BCUT2D eigenvalue weighted by atomic mass is 32.2. The molecule has 128 valence electrons. The Bertz CT molecular complexity index is 775. The molecular formula is C17H21N3O2S2. The van der Waals surface area contributed by atoms with Crippen molar-refractivity contribution in [2.75, 3.05) is 16.8 Å². The number of aromatic nitrogens is 2. The Morgan fingerprint density at radius 2 is 2.04 bits per heavy atom. The molecule has 1 heterocycles. The number of nitrogens with zero attached hydrogens (tertiary/aromatic N) is 1. The molecule has 2 aromatic rings. The molecule has 0 bridgehead atoms. The van der Waals surface area contributed by atoms with Gasteiger partial charge in [-0.1, -0.05) is 24.8 Å². The minimum atomic E-state index is -0.186. The van der Waals surface area contributed by atoms with E-state index in [1.54, 1.807) is 11.8 Å². The summed E-state index contributed by atoms with van der Waals surface area (Å²) in [5.41, 5.74) is 3.65. The molecule has 0 unspecified atom stereocenters. The maximum absolute atomic E-state index is 12.1. The number of anilines is 1. The summed E-state index contributed by atoms with van der Waals surface area (Å²) in [7, 11) is 0. The highest BCUT2D eigenvalue weighted by molar-refractivity contribution is 7.99. The zero-order chi connectivity index (χ0) is 17.5. The van der Waals surface area contributed by atoms with Gasteiger partial charge in [0.05, 0.1) is 11.4 Å². The van der Waals surface area contributed by atoms with E-state index in [0.29, 0.717) is 10.9 Å². The topological polar surface area (TPSA) is 74.8 Å². The first kappa shape index (κ1) is 18.6. The van der Waals surface area contributed by atoms with Crippen LogP contribution in [0.1, 0.15) is 23.7 Å². The van der Waals surface area contributed by atoms with E-state index in [1.165, 1.54) is 23.4 Å². The molecule has 0 saturated heterocycles. The van der Waals surface area contributed by atoms with E-state index in [4.69, 9.17) is 0 Å². The fraction of sp³-hybridized carbons (Fsp3) is 0.353. The molecule has 1 aromatic carbocycles. The lowest BCUT2D eigenvalue weighted by atomic mass is 10.1. The molecule has 2 N–H and O–H groups in total. The summed E-state index contributed by atoms with van der Waals surface area (Å²) < 4.78 is 0. The number of aromatic amines is 1. The van der Waals surface area contributed by atoms with E-state index in [1.807, 2.05) is 32.0 Å². The van der Waals surface area contributed by atoms with E-state index in [2.05, 4.69) is 22.2 Å². The van der Waals surface area contributed by atoms with E-state index in [0.717, 1.165) is 22.7 Å². The zero-order valence-corrected chi connectivity index (χ0v) is 15.6. The van der Waals surface area contributed by atoms with Gasteiger partial charge in [0, 0.05) is 17.5 Å². The van der Waals surface area contributed by atoms with Crippen LogP contribution in [0, 0.1) is 13.8 Å². The average Bonchev–Trinajstić information content (AvgIpc) is 2.54. The van der Waals surface area contributed by atoms with E-state index in [-0.39, 0.29) is 17.2 Å². The Labute approximate surface area is 150 Å². The second kappa shape index (κ2) is 8.94. The van der Waals surface area contributed by atoms with Crippen molar-refractivity contribution in [2.24, 2.45) is 0 Å². The van der Waals surface area contributed by atoms with E-state index >= 15 is 0 Å². The number of amides is 1. The van der Waals surface area contributed by atoms with Crippen molar-refractivity contribution in [1.29, 1.82) is 0 Å².